The maximum atomic E-state index is 6.48. The van der Waals surface area contributed by atoms with Crippen LogP contribution in [-0.2, 0) is 7.05 Å². The van der Waals surface area contributed by atoms with Crippen LogP contribution in [0.2, 0.25) is 0 Å². The van der Waals surface area contributed by atoms with Crippen molar-refractivity contribution in [3.8, 4) is 22.8 Å². The third-order valence-electron chi connectivity index (χ3n) is 6.05. The van der Waals surface area contributed by atoms with Crippen LogP contribution in [0.1, 0.15) is 11.1 Å². The van der Waals surface area contributed by atoms with Crippen molar-refractivity contribution in [1.82, 2.24) is 4.98 Å². The van der Waals surface area contributed by atoms with Gasteiger partial charge in [-0.2, -0.15) is 0 Å². The Bertz CT molecular complexity index is 1470. The summed E-state index contributed by atoms with van der Waals surface area (Å²) >= 11 is 0. The topological polar surface area (TPSA) is 26.0 Å². The van der Waals surface area contributed by atoms with Gasteiger partial charge in [0.15, 0.2) is 11.2 Å². The molecule has 0 atom stereocenters. The zero-order chi connectivity index (χ0) is 19.0. The Morgan fingerprint density at radius 3 is 2.32 bits per heavy atom. The Morgan fingerprint density at radius 2 is 1.57 bits per heavy atom. The molecule has 28 heavy (non-hydrogen) atoms. The molecular weight excluding hydrogens is 344 g/mol. The summed E-state index contributed by atoms with van der Waals surface area (Å²) in [6.07, 6.45) is 1.90. The summed E-state index contributed by atoms with van der Waals surface area (Å²) in [6.45, 7) is 4.38. The lowest BCUT2D eigenvalue weighted by atomic mass is 9.88. The van der Waals surface area contributed by atoms with Gasteiger partial charge in [-0.25, -0.2) is 4.57 Å². The number of rotatable bonds is 0. The molecule has 3 heteroatoms. The van der Waals surface area contributed by atoms with Crippen LogP contribution >= 0.6 is 0 Å². The smallest absolute Gasteiger partial charge is 0.287 e. The third kappa shape index (κ3) is 1.88. The minimum atomic E-state index is 0.881. The summed E-state index contributed by atoms with van der Waals surface area (Å²) in [5.41, 5.74) is 5.75. The zero-order valence-electron chi connectivity index (χ0n) is 16.1. The summed E-state index contributed by atoms with van der Waals surface area (Å²) < 4.78 is 8.60. The van der Waals surface area contributed by atoms with Gasteiger partial charge < -0.3 is 4.74 Å². The Balaban J connectivity index is 1.84. The van der Waals surface area contributed by atoms with E-state index >= 15 is 0 Å². The van der Waals surface area contributed by atoms with Crippen LogP contribution in [0.15, 0.2) is 60.9 Å². The molecule has 1 aliphatic rings. The molecule has 0 saturated carbocycles. The molecular formula is C25H19N2O+. The van der Waals surface area contributed by atoms with Crippen LogP contribution in [0, 0.1) is 13.8 Å². The minimum Gasteiger partial charge on any atom is -0.455 e. The van der Waals surface area contributed by atoms with Crippen molar-refractivity contribution in [2.75, 3.05) is 0 Å². The highest BCUT2D eigenvalue weighted by molar-refractivity contribution is 6.08. The molecule has 0 spiro atoms. The lowest BCUT2D eigenvalue weighted by molar-refractivity contribution is -0.662. The number of fused-ring (bicyclic) bond motifs is 4. The van der Waals surface area contributed by atoms with Gasteiger partial charge in [-0.05, 0) is 70.2 Å². The first-order valence-corrected chi connectivity index (χ1v) is 9.55. The van der Waals surface area contributed by atoms with Crippen LogP contribution in [0.3, 0.4) is 0 Å². The molecule has 134 valence electrons. The van der Waals surface area contributed by atoms with Crippen molar-refractivity contribution in [2.24, 2.45) is 7.05 Å². The van der Waals surface area contributed by atoms with E-state index in [1.807, 2.05) is 24.5 Å². The monoisotopic (exact) mass is 363 g/mol. The number of ether oxygens (including phenoxy) is 1. The van der Waals surface area contributed by atoms with Crippen molar-refractivity contribution < 1.29 is 9.30 Å². The largest absolute Gasteiger partial charge is 0.455 e. The molecule has 0 fully saturated rings. The van der Waals surface area contributed by atoms with Gasteiger partial charge in [-0.15, -0.1) is 0 Å². The molecule has 0 radical (unpaired) electrons. The molecule has 0 unspecified atom stereocenters. The lowest BCUT2D eigenvalue weighted by Crippen LogP contribution is -2.33. The fourth-order valence-corrected chi connectivity index (χ4v) is 4.63. The van der Waals surface area contributed by atoms with Crippen molar-refractivity contribution in [2.45, 2.75) is 13.8 Å². The molecule has 0 amide bonds. The second kappa shape index (κ2) is 5.29. The Kier molecular flexibility index (Phi) is 2.95. The van der Waals surface area contributed by atoms with E-state index in [1.54, 1.807) is 0 Å². The average molecular weight is 363 g/mol. The van der Waals surface area contributed by atoms with Gasteiger partial charge in [0.25, 0.3) is 6.33 Å². The van der Waals surface area contributed by atoms with Gasteiger partial charge in [-0.3, -0.25) is 0 Å². The summed E-state index contributed by atoms with van der Waals surface area (Å²) in [6, 6.07) is 19.2. The van der Waals surface area contributed by atoms with Crippen LogP contribution < -0.4 is 9.30 Å². The van der Waals surface area contributed by atoms with E-state index in [9.17, 15) is 0 Å². The molecule has 0 aliphatic carbocycles. The Morgan fingerprint density at radius 1 is 0.857 bits per heavy atom. The molecule has 0 saturated heterocycles. The summed E-state index contributed by atoms with van der Waals surface area (Å²) in [5, 5.41) is 6.14. The van der Waals surface area contributed by atoms with Crippen molar-refractivity contribution in [1.29, 1.82) is 0 Å². The summed E-state index contributed by atoms with van der Waals surface area (Å²) in [4.78, 5) is 4.60. The summed E-state index contributed by atoms with van der Waals surface area (Å²) in [5.74, 6) is 1.84. The number of hydrogen-bond acceptors (Lipinski definition) is 2. The number of aryl methyl sites for hydroxylation is 3. The highest BCUT2D eigenvalue weighted by Crippen LogP contribution is 2.50. The highest BCUT2D eigenvalue weighted by Gasteiger charge is 2.30. The summed E-state index contributed by atoms with van der Waals surface area (Å²) in [7, 11) is 2.06. The first-order valence-electron chi connectivity index (χ1n) is 9.55. The highest BCUT2D eigenvalue weighted by atomic mass is 16.5. The molecule has 2 heterocycles. The zero-order valence-corrected chi connectivity index (χ0v) is 16.1. The van der Waals surface area contributed by atoms with Gasteiger partial charge in [0.05, 0.1) is 12.6 Å². The quantitative estimate of drug-likeness (QED) is 0.253. The maximum Gasteiger partial charge on any atom is 0.287 e. The SMILES string of the molecule is Cc1c2c(c(C)c3cc4ccccc4cc13)-c1c3c(cccc3nc[n+]1C)O2. The number of nitrogens with zero attached hydrogens (tertiary/aromatic N) is 2. The van der Waals surface area contributed by atoms with Crippen LogP contribution in [-0.4, -0.2) is 4.98 Å². The number of benzene rings is 4. The van der Waals surface area contributed by atoms with E-state index in [0.29, 0.717) is 0 Å². The predicted octanol–water partition coefficient (Wildman–Crippen LogP) is 5.76. The van der Waals surface area contributed by atoms with Crippen molar-refractivity contribution >= 4 is 32.4 Å². The predicted molar refractivity (Wildman–Crippen MR) is 113 cm³/mol. The van der Waals surface area contributed by atoms with E-state index < -0.39 is 0 Å². The van der Waals surface area contributed by atoms with E-state index in [-0.39, 0.29) is 0 Å². The molecule has 0 N–H and O–H groups in total. The van der Waals surface area contributed by atoms with E-state index in [4.69, 9.17) is 4.74 Å². The second-order valence-corrected chi connectivity index (χ2v) is 7.66. The van der Waals surface area contributed by atoms with Gasteiger partial charge in [0.2, 0.25) is 0 Å². The normalized spacial score (nSPS) is 12.4. The Labute approximate surface area is 162 Å². The molecule has 5 aromatic rings. The second-order valence-electron chi connectivity index (χ2n) is 7.66. The number of hydrogen-bond donors (Lipinski definition) is 0. The molecule has 0 bridgehead atoms. The fraction of sp³-hybridized carbons (Fsp3) is 0.120. The molecule has 3 nitrogen and oxygen atoms in total. The van der Waals surface area contributed by atoms with Gasteiger partial charge in [0.1, 0.15) is 16.9 Å². The van der Waals surface area contributed by atoms with Crippen LogP contribution in [0.5, 0.6) is 11.5 Å². The first kappa shape index (κ1) is 15.6. The van der Waals surface area contributed by atoms with E-state index in [2.05, 4.69) is 66.8 Å². The number of aromatic nitrogens is 2. The fourth-order valence-electron chi connectivity index (χ4n) is 4.63. The van der Waals surface area contributed by atoms with Gasteiger partial charge in [0, 0.05) is 5.56 Å². The maximum absolute atomic E-state index is 6.48. The van der Waals surface area contributed by atoms with Crippen molar-refractivity contribution in [3.63, 3.8) is 0 Å². The van der Waals surface area contributed by atoms with E-state index in [1.165, 1.54) is 43.9 Å². The van der Waals surface area contributed by atoms with Crippen molar-refractivity contribution in [3.05, 3.63) is 72.1 Å². The average Bonchev–Trinajstić information content (AvgIpc) is 2.73. The standard InChI is InChI=1S/C25H19N2O/c1-14-18-11-16-7-4-5-8-17(16)12-19(18)15(2)25-22(14)24-23-20(26-13-27(24)3)9-6-10-21(23)28-25/h4-13H,1-3H3/q+1. The molecule has 1 aliphatic heterocycles. The molecule has 4 aromatic carbocycles. The van der Waals surface area contributed by atoms with Gasteiger partial charge >= 0.3 is 0 Å². The first-order chi connectivity index (χ1) is 13.6. The molecule has 6 rings (SSSR count). The van der Waals surface area contributed by atoms with Gasteiger partial charge in [-0.1, -0.05) is 30.3 Å². The molecule has 1 aromatic heterocycles. The van der Waals surface area contributed by atoms with Crippen LogP contribution in [0.25, 0.3) is 43.7 Å². The van der Waals surface area contributed by atoms with Crippen LogP contribution in [0.4, 0.5) is 0 Å². The third-order valence-corrected chi connectivity index (χ3v) is 6.05. The van der Waals surface area contributed by atoms with E-state index in [0.717, 1.165) is 22.4 Å². The lowest BCUT2D eigenvalue weighted by Gasteiger charge is -2.24. The Hall–Kier alpha value is -3.46. The minimum absolute atomic E-state index is 0.881.